The van der Waals surface area contributed by atoms with Gasteiger partial charge in [0.15, 0.2) is 5.78 Å². The van der Waals surface area contributed by atoms with Crippen LogP contribution in [0.3, 0.4) is 0 Å². The molecular formula is C24H20FNO4. The molecule has 0 saturated heterocycles. The van der Waals surface area contributed by atoms with E-state index in [1.165, 1.54) is 24.3 Å². The minimum absolute atomic E-state index is 0.0239. The number of hydrogen-bond donors (Lipinski definition) is 1. The first kappa shape index (κ1) is 20.9. The van der Waals surface area contributed by atoms with Gasteiger partial charge in [-0.1, -0.05) is 60.7 Å². The SMILES string of the molecule is O=C(CCC(=O)c1ccccc1)OC(C(=O)Nc1ccc(F)cc1)c1ccccc1. The second kappa shape index (κ2) is 10.1. The van der Waals surface area contributed by atoms with Crippen LogP contribution in [0.4, 0.5) is 10.1 Å². The van der Waals surface area contributed by atoms with Gasteiger partial charge in [-0.25, -0.2) is 4.39 Å². The van der Waals surface area contributed by atoms with Crippen LogP contribution in [0, 0.1) is 5.82 Å². The lowest BCUT2D eigenvalue weighted by atomic mass is 10.1. The normalized spacial score (nSPS) is 11.4. The van der Waals surface area contributed by atoms with Crippen molar-refractivity contribution in [3.63, 3.8) is 0 Å². The van der Waals surface area contributed by atoms with E-state index in [-0.39, 0.29) is 18.6 Å². The molecule has 1 N–H and O–H groups in total. The van der Waals surface area contributed by atoms with E-state index in [0.717, 1.165) is 0 Å². The van der Waals surface area contributed by atoms with E-state index in [0.29, 0.717) is 16.8 Å². The van der Waals surface area contributed by atoms with Gasteiger partial charge in [0.1, 0.15) is 5.82 Å². The van der Waals surface area contributed by atoms with Gasteiger partial charge in [0.05, 0.1) is 6.42 Å². The molecule has 0 aliphatic carbocycles. The van der Waals surface area contributed by atoms with Crippen molar-refractivity contribution in [2.45, 2.75) is 18.9 Å². The fraction of sp³-hybridized carbons (Fsp3) is 0.125. The summed E-state index contributed by atoms with van der Waals surface area (Å²) in [6.07, 6.45) is -1.37. The second-order valence-corrected chi connectivity index (χ2v) is 6.57. The molecule has 3 rings (SSSR count). The summed E-state index contributed by atoms with van der Waals surface area (Å²) < 4.78 is 18.5. The lowest BCUT2D eigenvalue weighted by Crippen LogP contribution is -2.26. The number of halogens is 1. The van der Waals surface area contributed by atoms with Crippen molar-refractivity contribution in [2.24, 2.45) is 0 Å². The highest BCUT2D eigenvalue weighted by molar-refractivity contribution is 5.98. The number of benzene rings is 3. The van der Waals surface area contributed by atoms with Crippen LogP contribution in [0.15, 0.2) is 84.9 Å². The van der Waals surface area contributed by atoms with E-state index in [2.05, 4.69) is 5.32 Å². The number of esters is 1. The Bertz CT molecular complexity index is 1000. The van der Waals surface area contributed by atoms with E-state index in [9.17, 15) is 18.8 Å². The predicted molar refractivity (Wildman–Crippen MR) is 110 cm³/mol. The number of carbonyl (C=O) groups is 3. The number of carbonyl (C=O) groups excluding carboxylic acids is 3. The summed E-state index contributed by atoms with van der Waals surface area (Å²) in [7, 11) is 0. The fourth-order valence-corrected chi connectivity index (χ4v) is 2.82. The van der Waals surface area contributed by atoms with Gasteiger partial charge in [-0.2, -0.15) is 0 Å². The summed E-state index contributed by atoms with van der Waals surface area (Å²) in [5.74, 6) is -1.85. The first-order valence-electron chi connectivity index (χ1n) is 9.42. The molecule has 30 heavy (non-hydrogen) atoms. The molecule has 152 valence electrons. The summed E-state index contributed by atoms with van der Waals surface area (Å²) >= 11 is 0. The highest BCUT2D eigenvalue weighted by Crippen LogP contribution is 2.21. The Morgan fingerprint density at radius 1 is 0.800 bits per heavy atom. The quantitative estimate of drug-likeness (QED) is 0.435. The van der Waals surface area contributed by atoms with Crippen molar-refractivity contribution < 1.29 is 23.5 Å². The van der Waals surface area contributed by atoms with Gasteiger partial charge in [-0.05, 0) is 24.3 Å². The number of hydrogen-bond acceptors (Lipinski definition) is 4. The molecule has 0 spiro atoms. The van der Waals surface area contributed by atoms with Crippen molar-refractivity contribution in [3.8, 4) is 0 Å². The molecule has 3 aromatic rings. The Morgan fingerprint density at radius 3 is 2.03 bits per heavy atom. The summed E-state index contributed by atoms with van der Waals surface area (Å²) in [6.45, 7) is 0. The molecule has 6 heteroatoms. The van der Waals surface area contributed by atoms with Crippen LogP contribution in [0.1, 0.15) is 34.9 Å². The number of anilines is 1. The Morgan fingerprint density at radius 2 is 1.40 bits per heavy atom. The minimum Gasteiger partial charge on any atom is -0.447 e. The number of Topliss-reactive ketones (excluding diaryl/α,β-unsaturated/α-hetero) is 1. The molecule has 0 aromatic heterocycles. The summed E-state index contributed by atoms with van der Waals surface area (Å²) in [4.78, 5) is 37.3. The van der Waals surface area contributed by atoms with E-state index in [1.807, 2.05) is 0 Å². The van der Waals surface area contributed by atoms with Crippen molar-refractivity contribution in [1.82, 2.24) is 0 Å². The molecule has 3 aromatic carbocycles. The molecule has 0 radical (unpaired) electrons. The van der Waals surface area contributed by atoms with E-state index >= 15 is 0 Å². The molecule has 0 bridgehead atoms. The average Bonchev–Trinajstić information content (AvgIpc) is 2.78. The zero-order chi connectivity index (χ0) is 21.3. The van der Waals surface area contributed by atoms with E-state index < -0.39 is 23.8 Å². The van der Waals surface area contributed by atoms with Crippen molar-refractivity contribution in [3.05, 3.63) is 102 Å². The standard InChI is InChI=1S/C24H20FNO4/c25-19-11-13-20(14-12-19)26-24(29)23(18-9-5-2-6-10-18)30-22(28)16-15-21(27)17-7-3-1-4-8-17/h1-14,23H,15-16H2,(H,26,29). The smallest absolute Gasteiger partial charge is 0.307 e. The zero-order valence-corrected chi connectivity index (χ0v) is 16.1. The molecule has 0 saturated carbocycles. The van der Waals surface area contributed by atoms with Crippen LogP contribution in [0.5, 0.6) is 0 Å². The molecule has 0 fully saturated rings. The van der Waals surface area contributed by atoms with Gasteiger partial charge in [-0.3, -0.25) is 14.4 Å². The second-order valence-electron chi connectivity index (χ2n) is 6.57. The third-order valence-corrected chi connectivity index (χ3v) is 4.35. The van der Waals surface area contributed by atoms with Crippen LogP contribution in [-0.2, 0) is 14.3 Å². The summed E-state index contributed by atoms with van der Waals surface area (Å²) in [5.41, 5.74) is 1.37. The summed E-state index contributed by atoms with van der Waals surface area (Å²) in [6, 6.07) is 22.5. The topological polar surface area (TPSA) is 72.5 Å². The molecule has 1 amide bonds. The molecule has 5 nitrogen and oxygen atoms in total. The highest BCUT2D eigenvalue weighted by Gasteiger charge is 2.25. The highest BCUT2D eigenvalue weighted by atomic mass is 19.1. The van der Waals surface area contributed by atoms with Crippen molar-refractivity contribution >= 4 is 23.3 Å². The maximum Gasteiger partial charge on any atom is 0.307 e. The molecule has 0 heterocycles. The number of ether oxygens (including phenoxy) is 1. The largest absolute Gasteiger partial charge is 0.447 e. The first-order chi connectivity index (χ1) is 14.5. The zero-order valence-electron chi connectivity index (χ0n) is 16.1. The molecule has 1 unspecified atom stereocenters. The molecule has 0 aliphatic heterocycles. The lowest BCUT2D eigenvalue weighted by molar-refractivity contribution is -0.154. The number of ketones is 1. The predicted octanol–water partition coefficient (Wildman–Crippen LogP) is 4.71. The van der Waals surface area contributed by atoms with Crippen LogP contribution in [0.25, 0.3) is 0 Å². The van der Waals surface area contributed by atoms with Crippen LogP contribution in [-0.4, -0.2) is 17.7 Å². The van der Waals surface area contributed by atoms with Crippen molar-refractivity contribution in [2.75, 3.05) is 5.32 Å². The van der Waals surface area contributed by atoms with Gasteiger partial charge in [0, 0.05) is 23.2 Å². The van der Waals surface area contributed by atoms with E-state index in [1.54, 1.807) is 60.7 Å². The third kappa shape index (κ3) is 5.85. The number of amides is 1. The average molecular weight is 405 g/mol. The van der Waals surface area contributed by atoms with Crippen LogP contribution < -0.4 is 5.32 Å². The summed E-state index contributed by atoms with van der Waals surface area (Å²) in [5, 5.41) is 2.61. The van der Waals surface area contributed by atoms with Gasteiger partial charge < -0.3 is 10.1 Å². The molecular weight excluding hydrogens is 385 g/mol. The monoisotopic (exact) mass is 405 g/mol. The van der Waals surface area contributed by atoms with E-state index in [4.69, 9.17) is 4.74 Å². The maximum absolute atomic E-state index is 13.1. The molecule has 0 aliphatic rings. The van der Waals surface area contributed by atoms with Crippen LogP contribution >= 0.6 is 0 Å². The maximum atomic E-state index is 13.1. The van der Waals surface area contributed by atoms with Gasteiger partial charge in [-0.15, -0.1) is 0 Å². The first-order valence-corrected chi connectivity index (χ1v) is 9.42. The van der Waals surface area contributed by atoms with Crippen LogP contribution in [0.2, 0.25) is 0 Å². The third-order valence-electron chi connectivity index (χ3n) is 4.35. The molecule has 1 atom stereocenters. The minimum atomic E-state index is -1.20. The van der Waals surface area contributed by atoms with Gasteiger partial charge in [0.25, 0.3) is 5.91 Å². The lowest BCUT2D eigenvalue weighted by Gasteiger charge is -2.18. The Hall–Kier alpha value is -3.80. The van der Waals surface area contributed by atoms with Gasteiger partial charge >= 0.3 is 5.97 Å². The Balaban J connectivity index is 1.66. The van der Waals surface area contributed by atoms with Gasteiger partial charge in [0.2, 0.25) is 6.10 Å². The number of nitrogens with one attached hydrogen (secondary N) is 1. The Kier molecular flexibility index (Phi) is 7.05. The fourth-order valence-electron chi connectivity index (χ4n) is 2.82. The number of rotatable bonds is 8. The van der Waals surface area contributed by atoms with Crippen molar-refractivity contribution in [1.29, 1.82) is 0 Å². The Labute approximate surface area is 173 Å².